The second kappa shape index (κ2) is 6.54. The van der Waals surface area contributed by atoms with Gasteiger partial charge in [0.25, 0.3) is 10.0 Å². The van der Waals surface area contributed by atoms with E-state index < -0.39 is 15.8 Å². The highest BCUT2D eigenvalue weighted by Crippen LogP contribution is 2.30. The molecule has 0 aromatic heterocycles. The van der Waals surface area contributed by atoms with E-state index in [1.165, 1.54) is 44.6 Å². The van der Waals surface area contributed by atoms with Gasteiger partial charge in [-0.3, -0.25) is 4.72 Å². The molecule has 0 bridgehead atoms. The average molecular weight is 336 g/mol. The molecule has 8 heteroatoms. The molecule has 0 amide bonds. The first kappa shape index (κ1) is 16.6. The van der Waals surface area contributed by atoms with Crippen LogP contribution in [0.2, 0.25) is 0 Å². The molecule has 6 nitrogen and oxygen atoms in total. The lowest BCUT2D eigenvalue weighted by Gasteiger charge is -2.12. The van der Waals surface area contributed by atoms with Crippen LogP contribution in [0.5, 0.6) is 11.5 Å². The molecule has 2 aromatic rings. The zero-order chi connectivity index (χ0) is 17.0. The van der Waals surface area contributed by atoms with E-state index >= 15 is 0 Å². The number of nitrogens with one attached hydrogen (secondary N) is 1. The summed E-state index contributed by atoms with van der Waals surface area (Å²) < 4.78 is 50.7. The topological polar surface area (TPSA) is 88.4 Å². The third-order valence-corrected chi connectivity index (χ3v) is 4.40. The van der Waals surface area contributed by atoms with Gasteiger partial charge in [0.2, 0.25) is 0 Å². The predicted molar refractivity (Wildman–Crippen MR) is 81.5 cm³/mol. The molecular formula is C15H13FN2O4S. The molecule has 0 radical (unpaired) electrons. The minimum atomic E-state index is -4.02. The number of benzene rings is 2. The predicted octanol–water partition coefficient (Wildman–Crippen LogP) is 2.52. The molecule has 0 unspecified atom stereocenters. The number of sulfonamides is 1. The highest BCUT2D eigenvalue weighted by atomic mass is 32.2. The first-order valence-electron chi connectivity index (χ1n) is 6.36. The minimum absolute atomic E-state index is 0.108. The van der Waals surface area contributed by atoms with Crippen LogP contribution in [0.3, 0.4) is 0 Å². The lowest BCUT2D eigenvalue weighted by Crippen LogP contribution is -2.14. The number of rotatable bonds is 5. The summed E-state index contributed by atoms with van der Waals surface area (Å²) >= 11 is 0. The van der Waals surface area contributed by atoms with Crippen LogP contribution in [0.25, 0.3) is 0 Å². The number of anilines is 1. The summed E-state index contributed by atoms with van der Waals surface area (Å²) in [6.45, 7) is 0. The quantitative estimate of drug-likeness (QED) is 0.906. The van der Waals surface area contributed by atoms with E-state index in [0.29, 0.717) is 5.75 Å². The summed E-state index contributed by atoms with van der Waals surface area (Å²) in [6.07, 6.45) is 0. The van der Waals surface area contributed by atoms with Crippen LogP contribution < -0.4 is 14.2 Å². The molecule has 0 saturated carbocycles. The smallest absolute Gasteiger partial charge is 0.262 e. The van der Waals surface area contributed by atoms with Gasteiger partial charge >= 0.3 is 0 Å². The highest BCUT2D eigenvalue weighted by molar-refractivity contribution is 7.92. The first-order valence-corrected chi connectivity index (χ1v) is 7.84. The van der Waals surface area contributed by atoms with Crippen molar-refractivity contribution in [2.24, 2.45) is 0 Å². The van der Waals surface area contributed by atoms with Crippen molar-refractivity contribution in [2.75, 3.05) is 18.9 Å². The highest BCUT2D eigenvalue weighted by Gasteiger charge is 2.19. The van der Waals surface area contributed by atoms with Crippen LogP contribution >= 0.6 is 0 Å². The standard InChI is InChI=1S/C15H13FN2O4S/c1-21-14-7-6-10(8-15(14)22-2)23(19,20)18-13-5-3-4-12(16)11(13)9-17/h3-8,18H,1-2H3. The van der Waals surface area contributed by atoms with E-state index in [4.69, 9.17) is 14.7 Å². The van der Waals surface area contributed by atoms with Crippen molar-refractivity contribution in [1.82, 2.24) is 0 Å². The van der Waals surface area contributed by atoms with Crippen LogP contribution in [-0.2, 0) is 10.0 Å². The van der Waals surface area contributed by atoms with Gasteiger partial charge in [-0.2, -0.15) is 5.26 Å². The van der Waals surface area contributed by atoms with Gasteiger partial charge in [0.15, 0.2) is 11.5 Å². The van der Waals surface area contributed by atoms with Gasteiger partial charge in [-0.15, -0.1) is 0 Å². The van der Waals surface area contributed by atoms with E-state index in [2.05, 4.69) is 4.72 Å². The van der Waals surface area contributed by atoms with Crippen molar-refractivity contribution in [3.05, 3.63) is 47.8 Å². The van der Waals surface area contributed by atoms with E-state index in [1.807, 2.05) is 0 Å². The van der Waals surface area contributed by atoms with E-state index in [-0.39, 0.29) is 21.9 Å². The molecule has 0 aliphatic heterocycles. The van der Waals surface area contributed by atoms with Crippen LogP contribution in [0.15, 0.2) is 41.3 Å². The second-order valence-corrected chi connectivity index (χ2v) is 6.08. The number of ether oxygens (including phenoxy) is 2. The normalized spacial score (nSPS) is 10.7. The van der Waals surface area contributed by atoms with Gasteiger partial charge in [0.05, 0.1) is 24.8 Å². The van der Waals surface area contributed by atoms with Crippen molar-refractivity contribution >= 4 is 15.7 Å². The van der Waals surface area contributed by atoms with Crippen molar-refractivity contribution in [3.8, 4) is 17.6 Å². The summed E-state index contributed by atoms with van der Waals surface area (Å²) in [7, 11) is -1.22. The molecule has 1 N–H and O–H groups in total. The average Bonchev–Trinajstić information content (AvgIpc) is 2.54. The molecule has 0 aliphatic rings. The fourth-order valence-corrected chi connectivity index (χ4v) is 3.00. The molecule has 120 valence electrons. The maximum atomic E-state index is 13.6. The second-order valence-electron chi connectivity index (χ2n) is 4.40. The summed E-state index contributed by atoms with van der Waals surface area (Å²) in [4.78, 5) is -0.108. The van der Waals surface area contributed by atoms with Crippen LogP contribution in [0.4, 0.5) is 10.1 Å². The fraction of sp³-hybridized carbons (Fsp3) is 0.133. The maximum Gasteiger partial charge on any atom is 0.262 e. The van der Waals surface area contributed by atoms with Crippen molar-refractivity contribution in [2.45, 2.75) is 4.90 Å². The summed E-state index contributed by atoms with van der Waals surface area (Å²) in [5, 5.41) is 8.96. The molecule has 0 atom stereocenters. The van der Waals surface area contributed by atoms with Gasteiger partial charge < -0.3 is 9.47 Å². The Labute approximate surface area is 133 Å². The Morgan fingerprint density at radius 1 is 1.13 bits per heavy atom. The summed E-state index contributed by atoms with van der Waals surface area (Å²) in [5.74, 6) is -0.204. The molecular weight excluding hydrogens is 323 g/mol. The maximum absolute atomic E-state index is 13.6. The van der Waals surface area contributed by atoms with Crippen molar-refractivity contribution < 1.29 is 22.3 Å². The lowest BCUT2D eigenvalue weighted by atomic mass is 10.2. The van der Waals surface area contributed by atoms with E-state index in [0.717, 1.165) is 6.07 Å². The SMILES string of the molecule is COc1ccc(S(=O)(=O)Nc2cccc(F)c2C#N)cc1OC. The van der Waals surface area contributed by atoms with E-state index in [1.54, 1.807) is 6.07 Å². The summed E-state index contributed by atoms with van der Waals surface area (Å²) in [6, 6.07) is 9.34. The van der Waals surface area contributed by atoms with Crippen LogP contribution in [-0.4, -0.2) is 22.6 Å². The number of halogens is 1. The number of methoxy groups -OCH3 is 2. The molecule has 0 saturated heterocycles. The zero-order valence-corrected chi connectivity index (χ0v) is 13.1. The number of nitriles is 1. The van der Waals surface area contributed by atoms with Gasteiger partial charge in [0.1, 0.15) is 17.4 Å². The van der Waals surface area contributed by atoms with Crippen LogP contribution in [0, 0.1) is 17.1 Å². The van der Waals surface area contributed by atoms with E-state index in [9.17, 15) is 12.8 Å². The van der Waals surface area contributed by atoms with Gasteiger partial charge in [-0.1, -0.05) is 6.07 Å². The zero-order valence-electron chi connectivity index (χ0n) is 12.3. The van der Waals surface area contributed by atoms with Crippen molar-refractivity contribution in [1.29, 1.82) is 5.26 Å². The largest absolute Gasteiger partial charge is 0.493 e. The molecule has 2 rings (SSSR count). The van der Waals surface area contributed by atoms with Gasteiger partial charge in [-0.25, -0.2) is 12.8 Å². The summed E-state index contributed by atoms with van der Waals surface area (Å²) in [5.41, 5.74) is -0.515. The number of nitrogens with zero attached hydrogens (tertiary/aromatic N) is 1. The Bertz CT molecular complexity index is 876. The van der Waals surface area contributed by atoms with Crippen LogP contribution in [0.1, 0.15) is 5.56 Å². The Balaban J connectivity index is 2.45. The number of hydrogen-bond acceptors (Lipinski definition) is 5. The fourth-order valence-electron chi connectivity index (χ4n) is 1.91. The third kappa shape index (κ3) is 3.35. The molecule has 0 heterocycles. The Hall–Kier alpha value is -2.79. The molecule has 23 heavy (non-hydrogen) atoms. The monoisotopic (exact) mass is 336 g/mol. The third-order valence-electron chi connectivity index (χ3n) is 3.04. The Morgan fingerprint density at radius 2 is 1.83 bits per heavy atom. The first-order chi connectivity index (χ1) is 10.9. The molecule has 0 spiro atoms. The minimum Gasteiger partial charge on any atom is -0.493 e. The number of hydrogen-bond donors (Lipinski definition) is 1. The Kier molecular flexibility index (Phi) is 4.71. The molecule has 0 aliphatic carbocycles. The Morgan fingerprint density at radius 3 is 2.43 bits per heavy atom. The van der Waals surface area contributed by atoms with Crippen molar-refractivity contribution in [3.63, 3.8) is 0 Å². The molecule has 2 aromatic carbocycles. The lowest BCUT2D eigenvalue weighted by molar-refractivity contribution is 0.354. The van der Waals surface area contributed by atoms with Gasteiger partial charge in [-0.05, 0) is 24.3 Å². The van der Waals surface area contributed by atoms with Gasteiger partial charge in [0, 0.05) is 6.07 Å². The molecule has 0 fully saturated rings.